The maximum Gasteiger partial charge on any atom is 0.215 e. The van der Waals surface area contributed by atoms with Crippen molar-refractivity contribution in [1.82, 2.24) is 15.2 Å². The predicted molar refractivity (Wildman–Crippen MR) is 109 cm³/mol. The number of thiocarbonyl (C=S) groups is 1. The van der Waals surface area contributed by atoms with Gasteiger partial charge in [0.1, 0.15) is 11.5 Å². The van der Waals surface area contributed by atoms with E-state index in [-0.39, 0.29) is 12.0 Å². The summed E-state index contributed by atoms with van der Waals surface area (Å²) in [5.74, 6) is 0.186. The van der Waals surface area contributed by atoms with Gasteiger partial charge in [-0.3, -0.25) is 9.88 Å². The fourth-order valence-corrected chi connectivity index (χ4v) is 3.20. The summed E-state index contributed by atoms with van der Waals surface area (Å²) in [5, 5.41) is 3.27. The summed E-state index contributed by atoms with van der Waals surface area (Å²) in [6.45, 7) is 8.08. The van der Waals surface area contributed by atoms with Gasteiger partial charge < -0.3 is 15.8 Å². The minimum Gasteiger partial charge on any atom is -0.384 e. The molecule has 7 nitrogen and oxygen atoms in total. The molecule has 0 saturated carbocycles. The van der Waals surface area contributed by atoms with Gasteiger partial charge in [0.2, 0.25) is 5.96 Å². The first-order valence-electron chi connectivity index (χ1n) is 8.75. The molecule has 2 heterocycles. The monoisotopic (exact) mass is 394 g/mol. The van der Waals surface area contributed by atoms with Crippen molar-refractivity contribution in [3.8, 4) is 0 Å². The summed E-state index contributed by atoms with van der Waals surface area (Å²) in [5.41, 5.74) is 6.03. The van der Waals surface area contributed by atoms with E-state index in [4.69, 9.17) is 22.7 Å². The van der Waals surface area contributed by atoms with Crippen LogP contribution in [0.2, 0.25) is 0 Å². The lowest BCUT2D eigenvalue weighted by atomic mass is 9.96. The molecule has 2 atom stereocenters. The highest BCUT2D eigenvalue weighted by Gasteiger charge is 2.39. The number of ether oxygens (including phenoxy) is 1. The molecule has 2 rings (SSSR count). The molecule has 0 bridgehead atoms. The summed E-state index contributed by atoms with van der Waals surface area (Å²) in [4.78, 5) is 15.3. The van der Waals surface area contributed by atoms with Crippen molar-refractivity contribution >= 4 is 29.4 Å². The maximum atomic E-state index is 13.3. The van der Waals surface area contributed by atoms with E-state index in [0.717, 1.165) is 25.9 Å². The first-order valence-corrected chi connectivity index (χ1v) is 9.16. The van der Waals surface area contributed by atoms with Crippen LogP contribution in [0.5, 0.6) is 0 Å². The van der Waals surface area contributed by atoms with Crippen LogP contribution in [0.1, 0.15) is 32.4 Å². The van der Waals surface area contributed by atoms with E-state index < -0.39 is 11.5 Å². The van der Waals surface area contributed by atoms with Gasteiger partial charge in [0.25, 0.3) is 0 Å². The average Bonchev–Trinajstić information content (AvgIpc) is 2.55. The smallest absolute Gasteiger partial charge is 0.215 e. The van der Waals surface area contributed by atoms with Crippen molar-refractivity contribution in [2.45, 2.75) is 32.5 Å². The number of methoxy groups -OCH3 is 1. The topological polar surface area (TPSA) is 88.1 Å². The molecule has 0 aromatic carbocycles. The number of rotatable bonds is 7. The zero-order chi connectivity index (χ0) is 20.0. The van der Waals surface area contributed by atoms with E-state index in [0.29, 0.717) is 16.5 Å². The van der Waals surface area contributed by atoms with Crippen molar-refractivity contribution in [2.75, 3.05) is 26.8 Å². The zero-order valence-corrected chi connectivity index (χ0v) is 17.0. The van der Waals surface area contributed by atoms with Crippen LogP contribution in [0.15, 0.2) is 28.4 Å². The van der Waals surface area contributed by atoms with Crippen LogP contribution in [0.4, 0.5) is 4.39 Å². The van der Waals surface area contributed by atoms with Crippen molar-refractivity contribution in [1.29, 1.82) is 0 Å². The Labute approximate surface area is 164 Å². The molecule has 1 unspecified atom stereocenters. The molecule has 0 amide bonds. The van der Waals surface area contributed by atoms with Crippen LogP contribution < -0.4 is 11.1 Å². The van der Waals surface area contributed by atoms with Gasteiger partial charge in [0.15, 0.2) is 0 Å². The average molecular weight is 395 g/mol. The molecule has 1 saturated heterocycles. The van der Waals surface area contributed by atoms with E-state index in [1.807, 2.05) is 20.8 Å². The van der Waals surface area contributed by atoms with Gasteiger partial charge in [-0.15, -0.1) is 0 Å². The number of hydrogen-bond donors (Lipinski definition) is 2. The molecule has 1 aromatic rings. The zero-order valence-electron chi connectivity index (χ0n) is 16.1. The van der Waals surface area contributed by atoms with Crippen LogP contribution in [0, 0.1) is 11.7 Å². The molecule has 9 heteroatoms. The number of pyridine rings is 1. The molecule has 0 spiro atoms. The van der Waals surface area contributed by atoms with Gasteiger partial charge >= 0.3 is 0 Å². The van der Waals surface area contributed by atoms with Crippen LogP contribution in [-0.4, -0.2) is 59.5 Å². The Morgan fingerprint density at radius 2 is 2.30 bits per heavy atom. The van der Waals surface area contributed by atoms with Crippen molar-refractivity contribution in [3.05, 3.63) is 29.8 Å². The summed E-state index contributed by atoms with van der Waals surface area (Å²) in [6, 6.07) is 1.03. The van der Waals surface area contributed by atoms with E-state index in [9.17, 15) is 4.39 Å². The Bertz CT molecular complexity index is 722. The molecule has 1 aliphatic heterocycles. The molecule has 1 aromatic heterocycles. The summed E-state index contributed by atoms with van der Waals surface area (Å²) in [6.07, 6.45) is 4.42. The number of guanidine groups is 1. The molecular weight excluding hydrogens is 367 g/mol. The minimum atomic E-state index is -0.570. The van der Waals surface area contributed by atoms with Crippen molar-refractivity contribution in [3.63, 3.8) is 0 Å². The van der Waals surface area contributed by atoms with Gasteiger partial charge in [0, 0.05) is 38.5 Å². The van der Waals surface area contributed by atoms with Gasteiger partial charge in [-0.2, -0.15) is 0 Å². The Morgan fingerprint density at radius 3 is 2.89 bits per heavy atom. The van der Waals surface area contributed by atoms with E-state index >= 15 is 0 Å². The molecular formula is C18H27FN6OS. The first kappa shape index (κ1) is 21.3. The number of halogens is 1. The standard InChI is InChI=1S/C18H27FN6OS/c1-12(15-5-16(19)7-21-6-15)23-17(20)22-11-18(3,24-13(2)27)25-8-14(9-25)10-26-4/h5-7,11-12,14H,8-10H2,1-4H3,(H2,20,23)(H,24,27)/t12-,18?/m0/s1. The Hall–Kier alpha value is -1.97. The van der Waals surface area contributed by atoms with Crippen LogP contribution in [0.25, 0.3) is 0 Å². The molecule has 1 aliphatic rings. The SMILES string of the molecule is COCC1CN(C(C)(C=NC(N)=N[C@@H](C)c2cncc(F)c2)NC(C)=S)C1. The highest BCUT2D eigenvalue weighted by atomic mass is 32.1. The largest absolute Gasteiger partial charge is 0.384 e. The Morgan fingerprint density at radius 1 is 1.59 bits per heavy atom. The first-order chi connectivity index (χ1) is 12.7. The molecule has 27 heavy (non-hydrogen) atoms. The predicted octanol–water partition coefficient (Wildman–Crippen LogP) is 1.90. The number of nitrogens with zero attached hydrogens (tertiary/aromatic N) is 4. The second-order valence-electron chi connectivity index (χ2n) is 6.91. The third-order valence-electron chi connectivity index (χ3n) is 4.43. The number of aromatic nitrogens is 1. The van der Waals surface area contributed by atoms with Crippen LogP contribution >= 0.6 is 12.2 Å². The lowest BCUT2D eigenvalue weighted by molar-refractivity contribution is -0.0120. The molecule has 0 radical (unpaired) electrons. The van der Waals surface area contributed by atoms with Gasteiger partial charge in [-0.25, -0.2) is 14.4 Å². The normalized spacial score (nSPS) is 19.5. The lowest BCUT2D eigenvalue weighted by Crippen LogP contribution is -2.67. The highest BCUT2D eigenvalue weighted by molar-refractivity contribution is 7.80. The second kappa shape index (κ2) is 9.29. The molecule has 148 valence electrons. The fourth-order valence-electron chi connectivity index (χ4n) is 2.99. The lowest BCUT2D eigenvalue weighted by Gasteiger charge is -2.49. The third-order valence-corrected chi connectivity index (χ3v) is 4.53. The minimum absolute atomic E-state index is 0.107. The Balaban J connectivity index is 2.09. The summed E-state index contributed by atoms with van der Waals surface area (Å²) < 4.78 is 18.5. The quantitative estimate of drug-likeness (QED) is 0.417. The van der Waals surface area contributed by atoms with Crippen LogP contribution in [0.3, 0.4) is 0 Å². The number of aliphatic imine (C=N–C) groups is 2. The van der Waals surface area contributed by atoms with Gasteiger partial charge in [-0.1, -0.05) is 12.2 Å². The molecule has 0 aliphatic carbocycles. The molecule has 1 fully saturated rings. The second-order valence-corrected chi connectivity index (χ2v) is 7.53. The summed E-state index contributed by atoms with van der Waals surface area (Å²) in [7, 11) is 1.70. The van der Waals surface area contributed by atoms with Gasteiger partial charge in [0.05, 0.1) is 23.8 Å². The van der Waals surface area contributed by atoms with E-state index in [1.165, 1.54) is 6.07 Å². The highest BCUT2D eigenvalue weighted by Crippen LogP contribution is 2.24. The molecule has 3 N–H and O–H groups in total. The number of nitrogens with one attached hydrogen (secondary N) is 1. The third kappa shape index (κ3) is 6.02. The summed E-state index contributed by atoms with van der Waals surface area (Å²) >= 11 is 5.21. The fraction of sp³-hybridized carbons (Fsp3) is 0.556. The number of hydrogen-bond acceptors (Lipinski definition) is 5. The maximum absolute atomic E-state index is 13.3. The Kier molecular flexibility index (Phi) is 7.34. The van der Waals surface area contributed by atoms with Crippen LogP contribution in [-0.2, 0) is 4.74 Å². The van der Waals surface area contributed by atoms with Crippen molar-refractivity contribution < 1.29 is 9.13 Å². The van der Waals surface area contributed by atoms with E-state index in [2.05, 4.69) is 25.2 Å². The number of likely N-dealkylation sites (tertiary alicyclic amines) is 1. The van der Waals surface area contributed by atoms with E-state index in [1.54, 1.807) is 19.5 Å². The number of nitrogens with two attached hydrogens (primary N) is 1. The van der Waals surface area contributed by atoms with Gasteiger partial charge in [-0.05, 0) is 32.4 Å². The van der Waals surface area contributed by atoms with Crippen molar-refractivity contribution in [2.24, 2.45) is 21.6 Å².